The van der Waals surface area contributed by atoms with Gasteiger partial charge in [-0.3, -0.25) is 19.7 Å². The molecule has 0 saturated heterocycles. The summed E-state index contributed by atoms with van der Waals surface area (Å²) < 4.78 is 7.28. The van der Waals surface area contributed by atoms with E-state index in [1.165, 1.54) is 40.2 Å². The summed E-state index contributed by atoms with van der Waals surface area (Å²) >= 11 is 7.48. The molecule has 0 fully saturated rings. The van der Waals surface area contributed by atoms with Gasteiger partial charge < -0.3 is 9.30 Å². The summed E-state index contributed by atoms with van der Waals surface area (Å²) in [4.78, 5) is 39.1. The molecule has 0 unspecified atom stereocenters. The molecular weight excluding hydrogens is 406 g/mol. The fraction of sp³-hybridized carbons (Fsp3) is 0.167. The number of fused-ring (bicyclic) bond motifs is 1. The SMILES string of the molecule is CCOC(=O)Cn1c(=NC(=O)c2ccc([N+](=O)[O-])cc2)sc2cccc(Cl)c21. The number of carbonyl (C=O) groups is 2. The minimum atomic E-state index is -0.588. The lowest BCUT2D eigenvalue weighted by Gasteiger charge is -2.06. The van der Waals surface area contributed by atoms with E-state index in [1.807, 2.05) is 6.07 Å². The highest BCUT2D eigenvalue weighted by molar-refractivity contribution is 7.16. The lowest BCUT2D eigenvalue weighted by atomic mass is 10.2. The Kier molecular flexibility index (Phi) is 5.86. The normalized spacial score (nSPS) is 11.6. The van der Waals surface area contributed by atoms with E-state index < -0.39 is 16.8 Å². The van der Waals surface area contributed by atoms with Crippen molar-refractivity contribution in [3.05, 3.63) is 68.0 Å². The summed E-state index contributed by atoms with van der Waals surface area (Å²) in [5.74, 6) is -1.07. The molecule has 0 bridgehead atoms. The average Bonchev–Trinajstić information content (AvgIpc) is 3.00. The van der Waals surface area contributed by atoms with Gasteiger partial charge in [0.2, 0.25) is 0 Å². The van der Waals surface area contributed by atoms with Crippen LogP contribution in [0.4, 0.5) is 5.69 Å². The van der Waals surface area contributed by atoms with Crippen LogP contribution in [0.25, 0.3) is 10.2 Å². The first-order valence-electron chi connectivity index (χ1n) is 8.17. The van der Waals surface area contributed by atoms with Gasteiger partial charge in [0, 0.05) is 17.7 Å². The largest absolute Gasteiger partial charge is 0.465 e. The second-order valence-electron chi connectivity index (χ2n) is 5.58. The number of nitrogens with zero attached hydrogens (tertiary/aromatic N) is 3. The molecule has 144 valence electrons. The van der Waals surface area contributed by atoms with E-state index in [4.69, 9.17) is 16.3 Å². The third-order valence-corrected chi connectivity index (χ3v) is 5.12. The van der Waals surface area contributed by atoms with Gasteiger partial charge in [-0.25, -0.2) is 0 Å². The van der Waals surface area contributed by atoms with E-state index in [1.54, 1.807) is 19.1 Å². The van der Waals surface area contributed by atoms with Crippen molar-refractivity contribution in [2.24, 2.45) is 4.99 Å². The zero-order valence-corrected chi connectivity index (χ0v) is 16.2. The fourth-order valence-electron chi connectivity index (χ4n) is 2.53. The van der Waals surface area contributed by atoms with Crippen molar-refractivity contribution >= 4 is 50.7 Å². The molecule has 1 heterocycles. The minimum Gasteiger partial charge on any atom is -0.465 e. The number of benzene rings is 2. The third-order valence-electron chi connectivity index (χ3n) is 3.77. The van der Waals surface area contributed by atoms with E-state index >= 15 is 0 Å². The molecule has 0 N–H and O–H groups in total. The zero-order valence-electron chi connectivity index (χ0n) is 14.6. The molecule has 1 aromatic heterocycles. The highest BCUT2D eigenvalue weighted by atomic mass is 35.5. The van der Waals surface area contributed by atoms with Gasteiger partial charge in [0.05, 0.1) is 26.8 Å². The van der Waals surface area contributed by atoms with E-state index in [0.29, 0.717) is 10.5 Å². The quantitative estimate of drug-likeness (QED) is 0.357. The van der Waals surface area contributed by atoms with Crippen LogP contribution in [-0.2, 0) is 16.1 Å². The van der Waals surface area contributed by atoms with Gasteiger partial charge in [-0.15, -0.1) is 0 Å². The Morgan fingerprint density at radius 2 is 1.96 bits per heavy atom. The molecule has 2 aromatic carbocycles. The van der Waals surface area contributed by atoms with Crippen LogP contribution in [0.2, 0.25) is 5.02 Å². The number of hydrogen-bond acceptors (Lipinski definition) is 6. The molecule has 28 heavy (non-hydrogen) atoms. The van der Waals surface area contributed by atoms with Gasteiger partial charge in [-0.2, -0.15) is 4.99 Å². The molecule has 3 rings (SSSR count). The number of non-ortho nitro benzene ring substituents is 1. The average molecular weight is 420 g/mol. The predicted octanol–water partition coefficient (Wildman–Crippen LogP) is 3.57. The van der Waals surface area contributed by atoms with Crippen molar-refractivity contribution in [2.75, 3.05) is 6.61 Å². The predicted molar refractivity (Wildman–Crippen MR) is 104 cm³/mol. The molecule has 8 nitrogen and oxygen atoms in total. The Bertz CT molecular complexity index is 1130. The summed E-state index contributed by atoms with van der Waals surface area (Å²) in [7, 11) is 0. The lowest BCUT2D eigenvalue weighted by molar-refractivity contribution is -0.384. The summed E-state index contributed by atoms with van der Waals surface area (Å²) in [6.07, 6.45) is 0. The molecule has 0 atom stereocenters. The summed E-state index contributed by atoms with van der Waals surface area (Å²) in [6.45, 7) is 1.78. The van der Waals surface area contributed by atoms with Crippen molar-refractivity contribution in [1.29, 1.82) is 0 Å². The number of para-hydroxylation sites is 1. The molecule has 0 saturated carbocycles. The van der Waals surface area contributed by atoms with Gasteiger partial charge in [-0.05, 0) is 31.2 Å². The van der Waals surface area contributed by atoms with Crippen LogP contribution in [0.1, 0.15) is 17.3 Å². The monoisotopic (exact) mass is 419 g/mol. The second-order valence-corrected chi connectivity index (χ2v) is 7.00. The molecule has 1 amide bonds. The maximum Gasteiger partial charge on any atom is 0.326 e. The molecule has 0 aliphatic heterocycles. The van der Waals surface area contributed by atoms with Crippen molar-refractivity contribution < 1.29 is 19.2 Å². The number of esters is 1. The van der Waals surface area contributed by atoms with E-state index in [-0.39, 0.29) is 29.2 Å². The number of nitro benzene ring substituents is 1. The van der Waals surface area contributed by atoms with Crippen molar-refractivity contribution in [3.63, 3.8) is 0 Å². The topological polar surface area (TPSA) is 104 Å². The Labute approximate surface area is 167 Å². The fourth-order valence-corrected chi connectivity index (χ4v) is 3.92. The second kappa shape index (κ2) is 8.32. The van der Waals surface area contributed by atoms with Crippen molar-refractivity contribution in [3.8, 4) is 0 Å². The Morgan fingerprint density at radius 1 is 1.25 bits per heavy atom. The van der Waals surface area contributed by atoms with Crippen LogP contribution >= 0.6 is 22.9 Å². The number of hydrogen-bond donors (Lipinski definition) is 0. The van der Waals surface area contributed by atoms with E-state index in [2.05, 4.69) is 4.99 Å². The van der Waals surface area contributed by atoms with Crippen molar-refractivity contribution in [1.82, 2.24) is 4.57 Å². The Morgan fingerprint density at radius 3 is 2.61 bits per heavy atom. The summed E-state index contributed by atoms with van der Waals surface area (Å²) in [5.41, 5.74) is 0.650. The van der Waals surface area contributed by atoms with Gasteiger partial charge in [0.1, 0.15) is 6.54 Å². The lowest BCUT2D eigenvalue weighted by Crippen LogP contribution is -2.23. The van der Waals surface area contributed by atoms with Crippen LogP contribution < -0.4 is 4.80 Å². The third kappa shape index (κ3) is 4.10. The maximum absolute atomic E-state index is 12.5. The van der Waals surface area contributed by atoms with Crippen LogP contribution in [0, 0.1) is 10.1 Å². The highest BCUT2D eigenvalue weighted by Gasteiger charge is 2.15. The number of ether oxygens (including phenoxy) is 1. The van der Waals surface area contributed by atoms with Crippen molar-refractivity contribution in [2.45, 2.75) is 13.5 Å². The number of halogens is 1. The molecule has 0 aliphatic rings. The molecule has 0 radical (unpaired) electrons. The number of carbonyl (C=O) groups excluding carboxylic acids is 2. The maximum atomic E-state index is 12.5. The molecule has 10 heteroatoms. The van der Waals surface area contributed by atoms with E-state index in [0.717, 1.165) is 4.70 Å². The van der Waals surface area contributed by atoms with Gasteiger partial charge >= 0.3 is 5.97 Å². The standard InChI is InChI=1S/C18H14ClN3O5S/c1-2-27-15(23)10-21-16-13(19)4-3-5-14(16)28-18(21)20-17(24)11-6-8-12(9-7-11)22(25)26/h3-9H,2,10H2,1H3. The minimum absolute atomic E-state index is 0.123. The zero-order chi connectivity index (χ0) is 20.3. The number of aromatic nitrogens is 1. The Hall–Kier alpha value is -3.04. The molecular formula is C18H14ClN3O5S. The van der Waals surface area contributed by atoms with Crippen LogP contribution in [0.5, 0.6) is 0 Å². The van der Waals surface area contributed by atoms with Crippen LogP contribution in [-0.4, -0.2) is 28.0 Å². The summed E-state index contributed by atoms with van der Waals surface area (Å²) in [5, 5.41) is 11.2. The first-order valence-corrected chi connectivity index (χ1v) is 9.37. The van der Waals surface area contributed by atoms with Gasteiger partial charge in [-0.1, -0.05) is 29.0 Å². The smallest absolute Gasteiger partial charge is 0.326 e. The first kappa shape index (κ1) is 19.7. The molecule has 0 aliphatic carbocycles. The molecule has 3 aromatic rings. The molecule has 0 spiro atoms. The number of nitro groups is 1. The number of rotatable bonds is 5. The Balaban J connectivity index is 2.07. The van der Waals surface area contributed by atoms with Gasteiger partial charge in [0.15, 0.2) is 4.80 Å². The number of amides is 1. The van der Waals surface area contributed by atoms with Crippen LogP contribution in [0.15, 0.2) is 47.5 Å². The van der Waals surface area contributed by atoms with Crippen LogP contribution in [0.3, 0.4) is 0 Å². The van der Waals surface area contributed by atoms with Gasteiger partial charge in [0.25, 0.3) is 11.6 Å². The van der Waals surface area contributed by atoms with E-state index in [9.17, 15) is 19.7 Å². The number of thiazole rings is 1. The highest BCUT2D eigenvalue weighted by Crippen LogP contribution is 2.25. The first-order chi connectivity index (χ1) is 13.4. The summed E-state index contributed by atoms with van der Waals surface area (Å²) in [6, 6.07) is 10.4.